The highest BCUT2D eigenvalue weighted by atomic mass is 16.2. The fourth-order valence-electron chi connectivity index (χ4n) is 2.91. The molecule has 0 spiro atoms. The number of anilines is 1. The van der Waals surface area contributed by atoms with Crippen LogP contribution in [-0.4, -0.2) is 41.2 Å². The van der Waals surface area contributed by atoms with Crippen molar-refractivity contribution in [2.75, 3.05) is 11.9 Å². The lowest BCUT2D eigenvalue weighted by Crippen LogP contribution is -2.42. The van der Waals surface area contributed by atoms with Crippen molar-refractivity contribution in [1.29, 1.82) is 0 Å². The summed E-state index contributed by atoms with van der Waals surface area (Å²) in [7, 11) is 0. The van der Waals surface area contributed by atoms with Crippen LogP contribution in [-0.2, 0) is 9.59 Å². The van der Waals surface area contributed by atoms with Crippen molar-refractivity contribution < 1.29 is 14.4 Å². The van der Waals surface area contributed by atoms with Gasteiger partial charge in [-0.05, 0) is 37.8 Å². The zero-order valence-corrected chi connectivity index (χ0v) is 13.2. The molecule has 6 heteroatoms. The van der Waals surface area contributed by atoms with E-state index in [9.17, 15) is 14.4 Å². The highest BCUT2D eigenvalue weighted by Gasteiger charge is 2.33. The Kier molecular flexibility index (Phi) is 4.32. The van der Waals surface area contributed by atoms with Crippen LogP contribution >= 0.6 is 0 Å². The fraction of sp³-hybridized carbons (Fsp3) is 0.471. The summed E-state index contributed by atoms with van der Waals surface area (Å²) in [6.45, 7) is 2.08. The average Bonchev–Trinajstić information content (AvgIpc) is 3.18. The number of hydrogen-bond acceptors (Lipinski definition) is 3. The summed E-state index contributed by atoms with van der Waals surface area (Å²) in [5.74, 6) is -0.495. The van der Waals surface area contributed by atoms with Gasteiger partial charge in [0.05, 0.1) is 11.3 Å². The van der Waals surface area contributed by atoms with E-state index in [4.69, 9.17) is 0 Å². The van der Waals surface area contributed by atoms with Gasteiger partial charge in [0.25, 0.3) is 5.91 Å². The maximum Gasteiger partial charge on any atom is 0.253 e. The Balaban J connectivity index is 1.73. The van der Waals surface area contributed by atoms with Crippen molar-refractivity contribution >= 4 is 23.4 Å². The molecule has 1 saturated heterocycles. The largest absolute Gasteiger partial charge is 0.349 e. The van der Waals surface area contributed by atoms with E-state index in [1.165, 1.54) is 6.92 Å². The van der Waals surface area contributed by atoms with E-state index in [0.29, 0.717) is 24.2 Å². The number of likely N-dealkylation sites (tertiary alicyclic amines) is 1. The molecule has 1 saturated carbocycles. The molecule has 1 unspecified atom stereocenters. The van der Waals surface area contributed by atoms with Gasteiger partial charge in [-0.25, -0.2) is 0 Å². The van der Waals surface area contributed by atoms with Gasteiger partial charge in [-0.1, -0.05) is 12.1 Å². The topological polar surface area (TPSA) is 78.5 Å². The molecule has 2 aliphatic rings. The van der Waals surface area contributed by atoms with E-state index in [-0.39, 0.29) is 23.8 Å². The highest BCUT2D eigenvalue weighted by molar-refractivity contribution is 6.05. The van der Waals surface area contributed by atoms with Gasteiger partial charge in [-0.15, -0.1) is 0 Å². The summed E-state index contributed by atoms with van der Waals surface area (Å²) in [5.41, 5.74) is 0.950. The van der Waals surface area contributed by atoms with E-state index in [1.807, 2.05) is 0 Å². The number of para-hydroxylation sites is 1. The smallest absolute Gasteiger partial charge is 0.253 e. The van der Waals surface area contributed by atoms with Gasteiger partial charge in [0.15, 0.2) is 0 Å². The first kappa shape index (κ1) is 15.5. The Morgan fingerprint density at radius 2 is 1.87 bits per heavy atom. The van der Waals surface area contributed by atoms with E-state index < -0.39 is 6.04 Å². The van der Waals surface area contributed by atoms with Crippen molar-refractivity contribution in [3.8, 4) is 0 Å². The van der Waals surface area contributed by atoms with Crippen LogP contribution in [0.2, 0.25) is 0 Å². The molecule has 23 heavy (non-hydrogen) atoms. The second-order valence-electron chi connectivity index (χ2n) is 6.15. The number of hydrogen-bond donors (Lipinski definition) is 2. The maximum absolute atomic E-state index is 12.5. The quantitative estimate of drug-likeness (QED) is 0.884. The van der Waals surface area contributed by atoms with E-state index in [2.05, 4.69) is 10.6 Å². The number of nitrogens with zero attached hydrogens (tertiary/aromatic N) is 1. The molecule has 1 aromatic rings. The van der Waals surface area contributed by atoms with E-state index >= 15 is 0 Å². The molecule has 1 atom stereocenters. The summed E-state index contributed by atoms with van der Waals surface area (Å²) in [5, 5.41) is 5.74. The van der Waals surface area contributed by atoms with Gasteiger partial charge in [0, 0.05) is 19.5 Å². The number of benzene rings is 1. The third kappa shape index (κ3) is 3.52. The minimum absolute atomic E-state index is 0.0950. The molecule has 122 valence electrons. The minimum Gasteiger partial charge on any atom is -0.349 e. The number of amides is 3. The van der Waals surface area contributed by atoms with Crippen LogP contribution in [0.5, 0.6) is 0 Å². The van der Waals surface area contributed by atoms with Crippen LogP contribution in [0.15, 0.2) is 24.3 Å². The van der Waals surface area contributed by atoms with Crippen LogP contribution in [0.4, 0.5) is 5.69 Å². The third-order valence-corrected chi connectivity index (χ3v) is 4.30. The van der Waals surface area contributed by atoms with Crippen LogP contribution in [0.25, 0.3) is 0 Å². The zero-order valence-electron chi connectivity index (χ0n) is 13.2. The Labute approximate surface area is 135 Å². The molecule has 6 nitrogen and oxygen atoms in total. The Hall–Kier alpha value is -2.37. The molecular weight excluding hydrogens is 294 g/mol. The Morgan fingerprint density at radius 1 is 1.13 bits per heavy atom. The number of carbonyl (C=O) groups is 3. The van der Waals surface area contributed by atoms with Gasteiger partial charge in [0.2, 0.25) is 11.8 Å². The molecule has 0 bridgehead atoms. The molecule has 3 rings (SSSR count). The molecular formula is C17H21N3O3. The summed E-state index contributed by atoms with van der Waals surface area (Å²) >= 11 is 0. The number of nitrogens with one attached hydrogen (secondary N) is 2. The van der Waals surface area contributed by atoms with Crippen molar-refractivity contribution in [2.45, 2.75) is 44.7 Å². The fourth-order valence-corrected chi connectivity index (χ4v) is 2.91. The summed E-state index contributed by atoms with van der Waals surface area (Å²) < 4.78 is 0. The maximum atomic E-state index is 12.5. The molecule has 1 aromatic carbocycles. The molecule has 1 aliphatic heterocycles. The predicted molar refractivity (Wildman–Crippen MR) is 86.0 cm³/mol. The standard InChI is InChI=1S/C17H21N3O3/c1-11(21)20-10-4-7-15(20)17(23)19-14-6-3-2-5-13(14)16(22)18-12-8-9-12/h2-3,5-6,12,15H,4,7-10H2,1H3,(H,18,22)(H,19,23). The number of carbonyl (C=O) groups excluding carboxylic acids is 3. The van der Waals surface area contributed by atoms with Crippen LogP contribution < -0.4 is 10.6 Å². The second-order valence-corrected chi connectivity index (χ2v) is 6.15. The van der Waals surface area contributed by atoms with Gasteiger partial charge in [-0.2, -0.15) is 0 Å². The lowest BCUT2D eigenvalue weighted by Gasteiger charge is -2.23. The first-order chi connectivity index (χ1) is 11.1. The molecule has 0 radical (unpaired) electrons. The van der Waals surface area contributed by atoms with Crippen molar-refractivity contribution in [1.82, 2.24) is 10.2 Å². The number of rotatable bonds is 4. The van der Waals surface area contributed by atoms with Crippen molar-refractivity contribution in [3.63, 3.8) is 0 Å². The first-order valence-corrected chi connectivity index (χ1v) is 8.04. The summed E-state index contributed by atoms with van der Waals surface area (Å²) in [6.07, 6.45) is 3.50. The highest BCUT2D eigenvalue weighted by Crippen LogP contribution is 2.23. The van der Waals surface area contributed by atoms with Crippen molar-refractivity contribution in [3.05, 3.63) is 29.8 Å². The third-order valence-electron chi connectivity index (χ3n) is 4.30. The molecule has 2 fully saturated rings. The van der Waals surface area contributed by atoms with Crippen LogP contribution in [0.3, 0.4) is 0 Å². The lowest BCUT2D eigenvalue weighted by atomic mass is 10.1. The minimum atomic E-state index is -0.452. The Morgan fingerprint density at radius 3 is 2.57 bits per heavy atom. The summed E-state index contributed by atoms with van der Waals surface area (Å²) in [4.78, 5) is 38.0. The molecule has 1 heterocycles. The van der Waals surface area contributed by atoms with Crippen molar-refractivity contribution in [2.24, 2.45) is 0 Å². The normalized spacial score (nSPS) is 20.2. The van der Waals surface area contributed by atoms with Gasteiger partial charge in [0.1, 0.15) is 6.04 Å². The predicted octanol–water partition coefficient (Wildman–Crippen LogP) is 1.53. The monoisotopic (exact) mass is 315 g/mol. The first-order valence-electron chi connectivity index (χ1n) is 8.04. The lowest BCUT2D eigenvalue weighted by molar-refractivity contribution is -0.134. The van der Waals surface area contributed by atoms with Gasteiger partial charge >= 0.3 is 0 Å². The second kappa shape index (κ2) is 6.40. The molecule has 1 aliphatic carbocycles. The van der Waals surface area contributed by atoms with Gasteiger partial charge in [-0.3, -0.25) is 14.4 Å². The van der Waals surface area contributed by atoms with E-state index in [0.717, 1.165) is 19.3 Å². The van der Waals surface area contributed by atoms with Crippen LogP contribution in [0.1, 0.15) is 43.0 Å². The molecule has 3 amide bonds. The molecule has 0 aromatic heterocycles. The average molecular weight is 315 g/mol. The summed E-state index contributed by atoms with van der Waals surface area (Å²) in [6, 6.07) is 6.77. The van der Waals surface area contributed by atoms with Crippen LogP contribution in [0, 0.1) is 0 Å². The molecule has 2 N–H and O–H groups in total. The van der Waals surface area contributed by atoms with E-state index in [1.54, 1.807) is 29.2 Å². The zero-order chi connectivity index (χ0) is 16.4. The van der Waals surface area contributed by atoms with Gasteiger partial charge < -0.3 is 15.5 Å². The SMILES string of the molecule is CC(=O)N1CCCC1C(=O)Nc1ccccc1C(=O)NC1CC1. The Bertz CT molecular complexity index is 640.